The molecule has 132 valence electrons. The summed E-state index contributed by atoms with van der Waals surface area (Å²) in [5, 5.41) is 0. The van der Waals surface area contributed by atoms with Crippen LogP contribution in [-0.4, -0.2) is 41.3 Å². The minimum Gasteiger partial charge on any atom is -0.456 e. The van der Waals surface area contributed by atoms with Crippen molar-refractivity contribution in [2.75, 3.05) is 6.61 Å². The molecule has 1 aromatic heterocycles. The molecule has 2 atom stereocenters. The van der Waals surface area contributed by atoms with Gasteiger partial charge in [-0.05, 0) is 52.2 Å². The molecule has 6 heteroatoms. The number of esters is 1. The Morgan fingerprint density at radius 1 is 1.17 bits per heavy atom. The number of carbonyl (C=O) groups is 3. The lowest BCUT2D eigenvalue weighted by Gasteiger charge is -2.38. The van der Waals surface area contributed by atoms with E-state index in [2.05, 4.69) is 0 Å². The van der Waals surface area contributed by atoms with Crippen molar-refractivity contribution in [1.29, 1.82) is 0 Å². The van der Waals surface area contributed by atoms with E-state index in [1.165, 1.54) is 11.3 Å². The summed E-state index contributed by atoms with van der Waals surface area (Å²) in [5.41, 5.74) is 0. The number of thiophene rings is 1. The number of likely N-dealkylation sites (tertiary alicyclic amines) is 1. The van der Waals surface area contributed by atoms with E-state index < -0.39 is 5.97 Å². The molecule has 0 aliphatic carbocycles. The fraction of sp³-hybridized carbons (Fsp3) is 0.611. The molecular weight excluding hydrogens is 326 g/mol. The molecule has 1 saturated heterocycles. The Bertz CT molecular complexity index is 600. The molecule has 0 spiro atoms. The standard InChI is InChI=1S/C18H25NO4S/c1-12-5-4-6-13(2)19(12)17(21)11-23-18(22)10-8-15(20)16-9-7-14(3)24-16/h7,9,12-13H,4-6,8,10-11H2,1-3H3. The third-order valence-electron chi connectivity index (χ3n) is 4.41. The van der Waals surface area contributed by atoms with Crippen LogP contribution in [0, 0.1) is 6.92 Å². The maximum Gasteiger partial charge on any atom is 0.306 e. The molecule has 0 bridgehead atoms. The largest absolute Gasteiger partial charge is 0.456 e. The minimum atomic E-state index is -0.498. The maximum atomic E-state index is 12.3. The van der Waals surface area contributed by atoms with Gasteiger partial charge in [-0.1, -0.05) is 0 Å². The first-order valence-electron chi connectivity index (χ1n) is 8.45. The molecule has 1 amide bonds. The van der Waals surface area contributed by atoms with Crippen LogP contribution in [0.1, 0.15) is 60.5 Å². The normalized spacial score (nSPS) is 20.7. The molecule has 24 heavy (non-hydrogen) atoms. The van der Waals surface area contributed by atoms with Gasteiger partial charge in [-0.3, -0.25) is 14.4 Å². The van der Waals surface area contributed by atoms with Gasteiger partial charge in [-0.25, -0.2) is 0 Å². The quantitative estimate of drug-likeness (QED) is 0.582. The van der Waals surface area contributed by atoms with Crippen molar-refractivity contribution in [3.05, 3.63) is 21.9 Å². The highest BCUT2D eigenvalue weighted by Crippen LogP contribution is 2.22. The van der Waals surface area contributed by atoms with Gasteiger partial charge in [0.2, 0.25) is 0 Å². The van der Waals surface area contributed by atoms with Crippen LogP contribution < -0.4 is 0 Å². The second-order valence-electron chi connectivity index (χ2n) is 6.42. The van der Waals surface area contributed by atoms with Crippen molar-refractivity contribution >= 4 is 29.0 Å². The number of nitrogens with zero attached hydrogens (tertiary/aromatic N) is 1. The first-order valence-corrected chi connectivity index (χ1v) is 9.26. The van der Waals surface area contributed by atoms with Crippen molar-refractivity contribution in [2.45, 2.75) is 65.0 Å². The number of carbonyl (C=O) groups excluding carboxylic acids is 3. The molecule has 5 nitrogen and oxygen atoms in total. The summed E-state index contributed by atoms with van der Waals surface area (Å²) in [7, 11) is 0. The lowest BCUT2D eigenvalue weighted by Crippen LogP contribution is -2.49. The number of ketones is 1. The Balaban J connectivity index is 1.74. The zero-order chi connectivity index (χ0) is 17.7. The average Bonchev–Trinajstić information content (AvgIpc) is 2.97. The van der Waals surface area contributed by atoms with Gasteiger partial charge < -0.3 is 9.64 Å². The summed E-state index contributed by atoms with van der Waals surface area (Å²) >= 11 is 1.42. The summed E-state index contributed by atoms with van der Waals surface area (Å²) in [4.78, 5) is 39.6. The van der Waals surface area contributed by atoms with Crippen LogP contribution in [0.3, 0.4) is 0 Å². The summed E-state index contributed by atoms with van der Waals surface area (Å²) in [5.74, 6) is -0.708. The summed E-state index contributed by atoms with van der Waals surface area (Å²) < 4.78 is 5.07. The molecule has 0 saturated carbocycles. The van der Waals surface area contributed by atoms with Gasteiger partial charge in [0.1, 0.15) is 0 Å². The molecule has 1 aliphatic rings. The van der Waals surface area contributed by atoms with Crippen molar-refractivity contribution in [3.63, 3.8) is 0 Å². The Morgan fingerprint density at radius 3 is 2.42 bits per heavy atom. The van der Waals surface area contributed by atoms with E-state index in [0.717, 1.165) is 24.1 Å². The Kier molecular flexibility index (Phi) is 6.54. The molecule has 1 aromatic rings. The Hall–Kier alpha value is -1.69. The number of ether oxygens (including phenoxy) is 1. The Morgan fingerprint density at radius 2 is 1.83 bits per heavy atom. The van der Waals surface area contributed by atoms with Gasteiger partial charge in [0.05, 0.1) is 11.3 Å². The minimum absolute atomic E-state index is 0.00810. The lowest BCUT2D eigenvalue weighted by molar-refractivity contribution is -0.154. The number of amides is 1. The van der Waals surface area contributed by atoms with Gasteiger partial charge in [-0.15, -0.1) is 11.3 Å². The van der Waals surface area contributed by atoms with E-state index in [9.17, 15) is 14.4 Å². The van der Waals surface area contributed by atoms with E-state index in [0.29, 0.717) is 4.88 Å². The van der Waals surface area contributed by atoms with Gasteiger partial charge in [0.15, 0.2) is 12.4 Å². The van der Waals surface area contributed by atoms with Crippen molar-refractivity contribution in [2.24, 2.45) is 0 Å². The second-order valence-corrected chi connectivity index (χ2v) is 7.71. The van der Waals surface area contributed by atoms with Gasteiger partial charge in [0, 0.05) is 23.4 Å². The number of Topliss-reactive ketones (excluding diaryl/α,β-unsaturated/α-hetero) is 1. The second kappa shape index (κ2) is 8.42. The van der Waals surface area contributed by atoms with Gasteiger partial charge in [-0.2, -0.15) is 0 Å². The number of piperidine rings is 1. The topological polar surface area (TPSA) is 63.7 Å². The molecule has 0 radical (unpaired) electrons. The predicted molar refractivity (Wildman–Crippen MR) is 93.2 cm³/mol. The van der Waals surface area contributed by atoms with E-state index in [-0.39, 0.29) is 43.2 Å². The number of hydrogen-bond acceptors (Lipinski definition) is 5. The molecule has 0 N–H and O–H groups in total. The highest BCUT2D eigenvalue weighted by Gasteiger charge is 2.29. The SMILES string of the molecule is Cc1ccc(C(=O)CCC(=O)OCC(=O)N2C(C)CCCC2C)s1. The maximum absolute atomic E-state index is 12.3. The van der Waals surface area contributed by atoms with Crippen LogP contribution >= 0.6 is 11.3 Å². The van der Waals surface area contributed by atoms with E-state index in [1.807, 2.05) is 31.7 Å². The van der Waals surface area contributed by atoms with Gasteiger partial charge >= 0.3 is 5.97 Å². The first kappa shape index (κ1) is 18.6. The average molecular weight is 351 g/mol. The fourth-order valence-corrected chi connectivity index (χ4v) is 3.96. The van der Waals surface area contributed by atoms with Crippen molar-refractivity contribution in [3.8, 4) is 0 Å². The molecule has 1 fully saturated rings. The highest BCUT2D eigenvalue weighted by atomic mass is 32.1. The van der Waals surface area contributed by atoms with Crippen LogP contribution in [0.25, 0.3) is 0 Å². The third kappa shape index (κ3) is 4.90. The van der Waals surface area contributed by atoms with Gasteiger partial charge in [0.25, 0.3) is 5.91 Å². The molecule has 2 unspecified atom stereocenters. The van der Waals surface area contributed by atoms with Crippen LogP contribution in [0.5, 0.6) is 0 Å². The zero-order valence-corrected chi connectivity index (χ0v) is 15.4. The summed E-state index contributed by atoms with van der Waals surface area (Å²) in [6.07, 6.45) is 3.21. The van der Waals surface area contributed by atoms with Crippen LogP contribution in [0.15, 0.2) is 12.1 Å². The molecular formula is C18H25NO4S. The lowest BCUT2D eigenvalue weighted by atomic mass is 9.97. The first-order chi connectivity index (χ1) is 11.4. The third-order valence-corrected chi connectivity index (χ3v) is 5.45. The Labute approximate surface area is 147 Å². The summed E-state index contributed by atoms with van der Waals surface area (Å²) in [6.45, 7) is 5.75. The van der Waals surface area contributed by atoms with Crippen LogP contribution in [0.2, 0.25) is 0 Å². The van der Waals surface area contributed by atoms with E-state index in [4.69, 9.17) is 4.74 Å². The molecule has 0 aromatic carbocycles. The monoisotopic (exact) mass is 351 g/mol. The van der Waals surface area contributed by atoms with E-state index >= 15 is 0 Å². The highest BCUT2D eigenvalue weighted by molar-refractivity contribution is 7.14. The number of rotatable bonds is 6. The molecule has 2 rings (SSSR count). The van der Waals surface area contributed by atoms with Crippen LogP contribution in [0.4, 0.5) is 0 Å². The zero-order valence-electron chi connectivity index (χ0n) is 14.5. The predicted octanol–water partition coefficient (Wildman–Crippen LogP) is 3.35. The molecule has 2 heterocycles. The van der Waals surface area contributed by atoms with Crippen molar-refractivity contribution < 1.29 is 19.1 Å². The fourth-order valence-electron chi connectivity index (χ4n) is 3.13. The van der Waals surface area contributed by atoms with E-state index in [1.54, 1.807) is 6.07 Å². The van der Waals surface area contributed by atoms with Crippen LogP contribution in [-0.2, 0) is 14.3 Å². The van der Waals surface area contributed by atoms with Crippen molar-refractivity contribution in [1.82, 2.24) is 4.90 Å². The molecule has 1 aliphatic heterocycles. The summed E-state index contributed by atoms with van der Waals surface area (Å²) in [6, 6.07) is 4.03. The smallest absolute Gasteiger partial charge is 0.306 e. The number of aryl methyl sites for hydroxylation is 1. The number of hydrogen-bond donors (Lipinski definition) is 0.